The summed E-state index contributed by atoms with van der Waals surface area (Å²) in [5.41, 5.74) is 0. The molecule has 1 N–H and O–H groups in total. The molecule has 1 saturated heterocycles. The summed E-state index contributed by atoms with van der Waals surface area (Å²) in [6.45, 7) is 4.97. The number of alkyl halides is 3. The second kappa shape index (κ2) is 8.45. The maximum absolute atomic E-state index is 12.3. The maximum Gasteiger partial charge on any atom is 0.401 e. The van der Waals surface area contributed by atoms with Crippen LogP contribution in [-0.2, 0) is 0 Å². The Morgan fingerprint density at radius 1 is 1.20 bits per heavy atom. The van der Waals surface area contributed by atoms with Crippen LogP contribution in [0.15, 0.2) is 0 Å². The van der Waals surface area contributed by atoms with Gasteiger partial charge in [0.05, 0.1) is 18.7 Å². The van der Waals surface area contributed by atoms with Crippen molar-refractivity contribution in [3.8, 4) is 6.07 Å². The molecule has 1 fully saturated rings. The van der Waals surface area contributed by atoms with Crippen molar-refractivity contribution >= 4 is 0 Å². The van der Waals surface area contributed by atoms with Crippen LogP contribution in [0.25, 0.3) is 0 Å². The van der Waals surface area contributed by atoms with Gasteiger partial charge in [0, 0.05) is 32.7 Å². The summed E-state index contributed by atoms with van der Waals surface area (Å²) in [4.78, 5) is 3.57. The Bertz CT molecular complexity index is 306. The van der Waals surface area contributed by atoms with Gasteiger partial charge in [0.15, 0.2) is 0 Å². The molecule has 0 aliphatic carbocycles. The standard InChI is InChI=1S/C13H23F3N4/c1-2-4-18-12(10-17)3-5-19-6-8-20(9-7-19)11-13(14,15)16/h12,18H,2-9,11H2,1H3. The fourth-order valence-corrected chi connectivity index (χ4v) is 2.27. The lowest BCUT2D eigenvalue weighted by molar-refractivity contribution is -0.149. The van der Waals surface area contributed by atoms with E-state index in [4.69, 9.17) is 5.26 Å². The molecule has 1 aliphatic heterocycles. The molecule has 1 aliphatic rings. The van der Waals surface area contributed by atoms with Gasteiger partial charge in [-0.25, -0.2) is 0 Å². The van der Waals surface area contributed by atoms with Crippen LogP contribution in [0.1, 0.15) is 19.8 Å². The van der Waals surface area contributed by atoms with Crippen LogP contribution < -0.4 is 5.32 Å². The van der Waals surface area contributed by atoms with Crippen molar-refractivity contribution in [1.29, 1.82) is 5.26 Å². The molecule has 7 heteroatoms. The number of rotatable bonds is 7. The van der Waals surface area contributed by atoms with E-state index in [1.54, 1.807) is 0 Å². The van der Waals surface area contributed by atoms with Crippen molar-refractivity contribution in [1.82, 2.24) is 15.1 Å². The second-order valence-electron chi connectivity index (χ2n) is 5.16. The zero-order chi connectivity index (χ0) is 15.0. The Morgan fingerprint density at radius 2 is 1.80 bits per heavy atom. The van der Waals surface area contributed by atoms with Gasteiger partial charge in [-0.05, 0) is 19.4 Å². The molecule has 0 radical (unpaired) electrons. The smallest absolute Gasteiger partial charge is 0.302 e. The molecule has 0 saturated carbocycles. The minimum Gasteiger partial charge on any atom is -0.302 e. The first kappa shape index (κ1) is 17.2. The van der Waals surface area contributed by atoms with E-state index in [-0.39, 0.29) is 6.04 Å². The molecule has 1 atom stereocenters. The molecule has 0 amide bonds. The number of hydrogen-bond acceptors (Lipinski definition) is 4. The minimum absolute atomic E-state index is 0.164. The molecule has 0 aromatic carbocycles. The lowest BCUT2D eigenvalue weighted by Crippen LogP contribution is -2.49. The van der Waals surface area contributed by atoms with Gasteiger partial charge < -0.3 is 10.2 Å². The van der Waals surface area contributed by atoms with Crippen LogP contribution >= 0.6 is 0 Å². The van der Waals surface area contributed by atoms with Gasteiger partial charge >= 0.3 is 6.18 Å². The van der Waals surface area contributed by atoms with Crippen LogP contribution in [0.3, 0.4) is 0 Å². The Labute approximate surface area is 118 Å². The highest BCUT2D eigenvalue weighted by molar-refractivity contribution is 4.90. The van der Waals surface area contributed by atoms with Crippen LogP contribution in [0.2, 0.25) is 0 Å². The molecule has 0 aromatic rings. The summed E-state index contributed by atoms with van der Waals surface area (Å²) in [6.07, 6.45) is -2.41. The highest BCUT2D eigenvalue weighted by Crippen LogP contribution is 2.17. The molecule has 1 heterocycles. The van der Waals surface area contributed by atoms with E-state index in [9.17, 15) is 13.2 Å². The number of nitriles is 1. The molecule has 0 aromatic heterocycles. The average molecular weight is 292 g/mol. The lowest BCUT2D eigenvalue weighted by atomic mass is 10.2. The minimum atomic E-state index is -4.11. The summed E-state index contributed by atoms with van der Waals surface area (Å²) >= 11 is 0. The normalized spacial score (nSPS) is 19.8. The predicted octanol–water partition coefficient (Wildman–Crippen LogP) is 1.45. The van der Waals surface area contributed by atoms with Gasteiger partial charge in [-0.2, -0.15) is 18.4 Å². The fraction of sp³-hybridized carbons (Fsp3) is 0.923. The van der Waals surface area contributed by atoms with Gasteiger partial charge in [-0.1, -0.05) is 6.92 Å². The van der Waals surface area contributed by atoms with Crippen molar-refractivity contribution in [3.05, 3.63) is 0 Å². The van der Waals surface area contributed by atoms with Crippen molar-refractivity contribution in [2.45, 2.75) is 32.0 Å². The number of nitrogens with one attached hydrogen (secondary N) is 1. The molecule has 1 rings (SSSR count). The highest BCUT2D eigenvalue weighted by atomic mass is 19.4. The van der Waals surface area contributed by atoms with Crippen molar-refractivity contribution in [2.75, 3.05) is 45.8 Å². The topological polar surface area (TPSA) is 42.3 Å². The van der Waals surface area contributed by atoms with Gasteiger partial charge in [0.25, 0.3) is 0 Å². The number of nitrogens with zero attached hydrogens (tertiary/aromatic N) is 3. The Hall–Kier alpha value is -0.840. The summed E-state index contributed by atoms with van der Waals surface area (Å²) < 4.78 is 36.8. The zero-order valence-corrected chi connectivity index (χ0v) is 11.9. The average Bonchev–Trinajstić information content (AvgIpc) is 2.39. The molecular formula is C13H23F3N4. The number of piperazine rings is 1. The summed E-state index contributed by atoms with van der Waals surface area (Å²) in [5.74, 6) is 0. The van der Waals surface area contributed by atoms with E-state index < -0.39 is 12.7 Å². The van der Waals surface area contributed by atoms with Crippen LogP contribution in [0, 0.1) is 11.3 Å². The van der Waals surface area contributed by atoms with Gasteiger partial charge in [0.1, 0.15) is 0 Å². The summed E-state index contributed by atoms with van der Waals surface area (Å²) in [7, 11) is 0. The molecule has 116 valence electrons. The van der Waals surface area contributed by atoms with E-state index in [0.717, 1.165) is 25.9 Å². The quantitative estimate of drug-likeness (QED) is 0.771. The molecule has 0 spiro atoms. The van der Waals surface area contributed by atoms with E-state index >= 15 is 0 Å². The number of hydrogen-bond donors (Lipinski definition) is 1. The Balaban J connectivity index is 2.20. The second-order valence-corrected chi connectivity index (χ2v) is 5.16. The predicted molar refractivity (Wildman–Crippen MR) is 71.2 cm³/mol. The van der Waals surface area contributed by atoms with Gasteiger partial charge in [-0.15, -0.1) is 0 Å². The third kappa shape index (κ3) is 7.08. The number of halogens is 3. The summed E-state index contributed by atoms with van der Waals surface area (Å²) in [6, 6.07) is 2.06. The zero-order valence-electron chi connectivity index (χ0n) is 11.9. The lowest BCUT2D eigenvalue weighted by Gasteiger charge is -2.35. The fourth-order valence-electron chi connectivity index (χ4n) is 2.27. The first-order valence-corrected chi connectivity index (χ1v) is 7.09. The van der Waals surface area contributed by atoms with Crippen LogP contribution in [0.5, 0.6) is 0 Å². The van der Waals surface area contributed by atoms with Crippen LogP contribution in [-0.4, -0.2) is 67.8 Å². The third-order valence-corrected chi connectivity index (χ3v) is 3.40. The van der Waals surface area contributed by atoms with E-state index in [1.807, 2.05) is 6.92 Å². The van der Waals surface area contributed by atoms with E-state index in [1.165, 1.54) is 4.90 Å². The molecule has 1 unspecified atom stereocenters. The Morgan fingerprint density at radius 3 is 2.30 bits per heavy atom. The van der Waals surface area contributed by atoms with Crippen molar-refractivity contribution < 1.29 is 13.2 Å². The van der Waals surface area contributed by atoms with Crippen molar-refractivity contribution in [3.63, 3.8) is 0 Å². The van der Waals surface area contributed by atoms with Gasteiger partial charge in [0.2, 0.25) is 0 Å². The summed E-state index contributed by atoms with van der Waals surface area (Å²) in [5, 5.41) is 12.1. The van der Waals surface area contributed by atoms with Gasteiger partial charge in [-0.3, -0.25) is 4.90 Å². The first-order chi connectivity index (χ1) is 9.44. The molecule has 20 heavy (non-hydrogen) atoms. The van der Waals surface area contributed by atoms with E-state index in [0.29, 0.717) is 26.2 Å². The highest BCUT2D eigenvalue weighted by Gasteiger charge is 2.32. The van der Waals surface area contributed by atoms with Crippen LogP contribution in [0.4, 0.5) is 13.2 Å². The SMILES string of the molecule is CCCNC(C#N)CCN1CCN(CC(F)(F)F)CC1. The van der Waals surface area contributed by atoms with E-state index in [2.05, 4.69) is 16.3 Å². The largest absolute Gasteiger partial charge is 0.401 e. The maximum atomic E-state index is 12.3. The Kier molecular flexibility index (Phi) is 7.27. The third-order valence-electron chi connectivity index (χ3n) is 3.40. The molecule has 0 bridgehead atoms. The monoisotopic (exact) mass is 292 g/mol. The molecular weight excluding hydrogens is 269 g/mol. The first-order valence-electron chi connectivity index (χ1n) is 7.09. The molecule has 4 nitrogen and oxygen atoms in total. The van der Waals surface area contributed by atoms with Crippen molar-refractivity contribution in [2.24, 2.45) is 0 Å².